The van der Waals surface area contributed by atoms with Gasteiger partial charge in [-0.1, -0.05) is 19.8 Å². The van der Waals surface area contributed by atoms with Crippen LogP contribution in [0.15, 0.2) is 0 Å². The number of hydrogen-bond acceptors (Lipinski definition) is 6. The van der Waals surface area contributed by atoms with E-state index in [9.17, 15) is 4.57 Å². The molecule has 4 N–H and O–H groups in total. The first-order valence-corrected chi connectivity index (χ1v) is 7.01. The molecule has 6 nitrogen and oxygen atoms in total. The molecule has 0 heterocycles. The molecule has 0 fully saturated rings. The Morgan fingerprint density at radius 3 is 2.14 bits per heavy atom. The van der Waals surface area contributed by atoms with Crippen molar-refractivity contribution in [2.24, 2.45) is 5.73 Å². The number of hydrogen-bond donors (Lipinski definition) is 3. The minimum atomic E-state index is -2.38. The molecule has 0 radical (unpaired) electrons. The van der Waals surface area contributed by atoms with Gasteiger partial charge in [-0.25, -0.2) is 4.62 Å². The molecule has 0 aromatic rings. The monoisotopic (exact) mass is 373 g/mol. The zero-order chi connectivity index (χ0) is 12.1. The second-order valence-electron chi connectivity index (χ2n) is 3.34. The van der Waals surface area contributed by atoms with Crippen LogP contribution in [0.3, 0.4) is 0 Å². The van der Waals surface area contributed by atoms with Gasteiger partial charge in [0.25, 0.3) is 0 Å². The van der Waals surface area contributed by atoms with Crippen LogP contribution in [-0.2, 0) is 13.7 Å². The molecule has 0 aromatic carbocycles. The van der Waals surface area contributed by atoms with Gasteiger partial charge < -0.3 is 15.6 Å². The Bertz CT molecular complexity index is 189. The standard InChI is InChI=1S/C9H24N3O3P.5Na.5H/c1-2-3-4-9-14-16(13)15-12-8-7-11-6-5-10;;;;;;;;;;/h11-12,16H,2-10H2,1H3;;;;;;;;;;. The van der Waals surface area contributed by atoms with Gasteiger partial charge in [-0.3, -0.25) is 4.57 Å². The van der Waals surface area contributed by atoms with Crippen molar-refractivity contribution in [2.45, 2.75) is 26.2 Å². The van der Waals surface area contributed by atoms with E-state index >= 15 is 0 Å². The van der Waals surface area contributed by atoms with Crippen molar-refractivity contribution < 1.29 is 13.7 Å². The van der Waals surface area contributed by atoms with E-state index in [1.165, 1.54) is 0 Å². The summed E-state index contributed by atoms with van der Waals surface area (Å²) in [6, 6.07) is 0. The molecule has 0 saturated heterocycles. The van der Waals surface area contributed by atoms with Gasteiger partial charge in [-0.15, -0.1) is 0 Å². The van der Waals surface area contributed by atoms with Gasteiger partial charge in [0.15, 0.2) is 0 Å². The minimum absolute atomic E-state index is 0. The van der Waals surface area contributed by atoms with Crippen molar-refractivity contribution >= 4 is 156 Å². The number of unbranched alkanes of at least 4 members (excludes halogenated alkanes) is 2. The quantitative estimate of drug-likeness (QED) is 0.151. The number of nitrogens with two attached hydrogens (primary N) is 1. The number of nitrogens with one attached hydrogen (secondary N) is 2. The number of hydroxylamine groups is 1. The van der Waals surface area contributed by atoms with Gasteiger partial charge >= 0.3 is 156 Å². The van der Waals surface area contributed by atoms with E-state index in [0.29, 0.717) is 19.7 Å². The first-order valence-electron chi connectivity index (χ1n) is 5.78. The van der Waals surface area contributed by atoms with Gasteiger partial charge in [0.1, 0.15) is 0 Å². The normalized spacial score (nSPS) is 9.81. The second kappa shape index (κ2) is 36.0. The van der Waals surface area contributed by atoms with Crippen LogP contribution in [0.4, 0.5) is 0 Å². The molecule has 0 aliphatic carbocycles. The van der Waals surface area contributed by atoms with Crippen molar-refractivity contribution in [1.82, 2.24) is 10.8 Å². The molecular formula is C9H29N3Na5O3P. The van der Waals surface area contributed by atoms with E-state index in [2.05, 4.69) is 17.7 Å². The average Bonchev–Trinajstić information content (AvgIpc) is 2.29. The molecule has 12 heteroatoms. The molecular weight excluding hydrogens is 344 g/mol. The van der Waals surface area contributed by atoms with Crippen LogP contribution in [0, 0.1) is 0 Å². The van der Waals surface area contributed by atoms with Crippen LogP contribution < -0.4 is 16.5 Å². The van der Waals surface area contributed by atoms with Crippen LogP contribution >= 0.6 is 8.25 Å². The number of rotatable bonds is 12. The van der Waals surface area contributed by atoms with E-state index in [-0.39, 0.29) is 148 Å². The Morgan fingerprint density at radius 2 is 1.62 bits per heavy atom. The molecule has 21 heavy (non-hydrogen) atoms. The van der Waals surface area contributed by atoms with Crippen LogP contribution in [0.2, 0.25) is 0 Å². The average molecular weight is 373 g/mol. The molecule has 0 aliphatic rings. The summed E-state index contributed by atoms with van der Waals surface area (Å²) in [5.74, 6) is 0. The zero-order valence-electron chi connectivity index (χ0n) is 9.96. The van der Waals surface area contributed by atoms with E-state index in [0.717, 1.165) is 32.4 Å². The Morgan fingerprint density at radius 1 is 1.00 bits per heavy atom. The molecule has 1 atom stereocenters. The summed E-state index contributed by atoms with van der Waals surface area (Å²) < 4.78 is 20.9. The Hall–Kier alpha value is 5.03. The molecule has 1 unspecified atom stereocenters. The van der Waals surface area contributed by atoms with E-state index in [4.69, 9.17) is 14.9 Å². The van der Waals surface area contributed by atoms with E-state index < -0.39 is 8.25 Å². The topological polar surface area (TPSA) is 85.6 Å². The fourth-order valence-electron chi connectivity index (χ4n) is 1.01. The van der Waals surface area contributed by atoms with Gasteiger partial charge in [0.2, 0.25) is 0 Å². The van der Waals surface area contributed by atoms with E-state index in [1.807, 2.05) is 0 Å². The third kappa shape index (κ3) is 36.7. The predicted octanol–water partition coefficient (Wildman–Crippen LogP) is -2.59. The Labute approximate surface area is 240 Å². The summed E-state index contributed by atoms with van der Waals surface area (Å²) in [6.45, 7) is 5.29. The van der Waals surface area contributed by atoms with Crippen molar-refractivity contribution in [3.8, 4) is 0 Å². The SMILES string of the molecule is CCCCCO[PH](=O)ONCCNCCN.[NaH].[NaH].[NaH].[NaH].[NaH]. The molecule has 0 rings (SSSR count). The summed E-state index contributed by atoms with van der Waals surface area (Å²) in [7, 11) is -2.38. The first-order chi connectivity index (χ1) is 7.81. The molecule has 0 bridgehead atoms. The van der Waals surface area contributed by atoms with Gasteiger partial charge in [0.05, 0.1) is 6.61 Å². The molecule has 0 aliphatic heterocycles. The van der Waals surface area contributed by atoms with Crippen molar-refractivity contribution in [1.29, 1.82) is 0 Å². The Balaban J connectivity index is -0.000000112. The first kappa shape index (κ1) is 40.6. The fraction of sp³-hybridized carbons (Fsp3) is 1.00. The van der Waals surface area contributed by atoms with Crippen LogP contribution in [0.25, 0.3) is 0 Å². The summed E-state index contributed by atoms with van der Waals surface area (Å²) in [6.07, 6.45) is 3.14. The summed E-state index contributed by atoms with van der Waals surface area (Å²) in [5.41, 5.74) is 7.88. The van der Waals surface area contributed by atoms with Crippen LogP contribution in [0.5, 0.6) is 0 Å². The summed E-state index contributed by atoms with van der Waals surface area (Å²) in [5, 5.41) is 3.07. The molecule has 0 spiro atoms. The van der Waals surface area contributed by atoms with Crippen LogP contribution in [0.1, 0.15) is 26.2 Å². The van der Waals surface area contributed by atoms with E-state index in [1.54, 1.807) is 0 Å². The van der Waals surface area contributed by atoms with Gasteiger partial charge in [-0.2, -0.15) is 5.48 Å². The molecule has 0 aromatic heterocycles. The van der Waals surface area contributed by atoms with Crippen molar-refractivity contribution in [2.75, 3.05) is 32.8 Å². The predicted molar refractivity (Wildman–Crippen MR) is 101 cm³/mol. The van der Waals surface area contributed by atoms with Gasteiger partial charge in [-0.05, 0) is 6.42 Å². The van der Waals surface area contributed by atoms with Crippen LogP contribution in [-0.4, -0.2) is 181 Å². The van der Waals surface area contributed by atoms with Crippen molar-refractivity contribution in [3.05, 3.63) is 0 Å². The van der Waals surface area contributed by atoms with Crippen molar-refractivity contribution in [3.63, 3.8) is 0 Å². The molecule has 0 amide bonds. The molecule has 108 valence electrons. The third-order valence-corrected chi connectivity index (χ3v) is 2.60. The summed E-state index contributed by atoms with van der Waals surface area (Å²) >= 11 is 0. The maximum atomic E-state index is 11.1. The zero-order valence-corrected chi connectivity index (χ0v) is 11.0. The maximum absolute atomic E-state index is 11.1. The molecule has 0 saturated carbocycles. The second-order valence-corrected chi connectivity index (χ2v) is 4.33. The Kier molecular flexibility index (Phi) is 69.7. The van der Waals surface area contributed by atoms with Gasteiger partial charge in [0, 0.05) is 26.2 Å². The third-order valence-electron chi connectivity index (χ3n) is 1.85. The summed E-state index contributed by atoms with van der Waals surface area (Å²) in [4.78, 5) is 0. The fourth-order valence-corrected chi connectivity index (χ4v) is 1.60.